The van der Waals surface area contributed by atoms with Crippen LogP contribution in [0.15, 0.2) is 47.4 Å². The van der Waals surface area contributed by atoms with Crippen LogP contribution in [-0.4, -0.2) is 26.4 Å². The van der Waals surface area contributed by atoms with Crippen molar-refractivity contribution >= 4 is 0 Å². The standard InChI is InChI=1S/C21H16F6N4O/c22-20(23,24)14-4-2-13(3-5-14)16-6-1-12(9-28-16)10-31-8-7-17-15(11-31)18(32)30-19(29-17)21(25,26)27/h1-6,9H,7-8,10-11H2,(H,29,30,32). The van der Waals surface area contributed by atoms with E-state index in [0.717, 1.165) is 17.7 Å². The molecule has 11 heteroatoms. The van der Waals surface area contributed by atoms with Gasteiger partial charge in [-0.25, -0.2) is 4.98 Å². The Hall–Kier alpha value is -3.21. The summed E-state index contributed by atoms with van der Waals surface area (Å²) in [6.07, 6.45) is -7.34. The molecule has 0 unspecified atom stereocenters. The molecule has 0 aliphatic carbocycles. The van der Waals surface area contributed by atoms with Crippen LogP contribution in [0.3, 0.4) is 0 Å². The van der Waals surface area contributed by atoms with Gasteiger partial charge in [0.1, 0.15) is 0 Å². The van der Waals surface area contributed by atoms with Gasteiger partial charge in [0, 0.05) is 37.8 Å². The molecule has 32 heavy (non-hydrogen) atoms. The van der Waals surface area contributed by atoms with E-state index < -0.39 is 29.3 Å². The topological polar surface area (TPSA) is 61.9 Å². The van der Waals surface area contributed by atoms with Crippen LogP contribution in [0.1, 0.15) is 28.2 Å². The summed E-state index contributed by atoms with van der Waals surface area (Å²) < 4.78 is 76.6. The molecule has 3 heterocycles. The molecule has 0 fully saturated rings. The second-order valence-electron chi connectivity index (χ2n) is 7.42. The number of aromatic nitrogens is 3. The number of pyridine rings is 1. The molecule has 0 bridgehead atoms. The number of benzene rings is 1. The summed E-state index contributed by atoms with van der Waals surface area (Å²) in [7, 11) is 0. The van der Waals surface area contributed by atoms with Gasteiger partial charge in [0.15, 0.2) is 0 Å². The summed E-state index contributed by atoms with van der Waals surface area (Å²) in [4.78, 5) is 23.7. The summed E-state index contributed by atoms with van der Waals surface area (Å²) in [5, 5.41) is 0. The monoisotopic (exact) mass is 454 g/mol. The molecule has 1 aliphatic rings. The third-order valence-corrected chi connectivity index (χ3v) is 5.16. The van der Waals surface area contributed by atoms with Gasteiger partial charge in [-0.05, 0) is 23.8 Å². The van der Waals surface area contributed by atoms with Gasteiger partial charge in [-0.2, -0.15) is 26.3 Å². The fourth-order valence-corrected chi connectivity index (χ4v) is 3.53. The minimum Gasteiger partial charge on any atom is -0.303 e. The second-order valence-corrected chi connectivity index (χ2v) is 7.42. The summed E-state index contributed by atoms with van der Waals surface area (Å²) in [6, 6.07) is 8.13. The van der Waals surface area contributed by atoms with Crippen LogP contribution >= 0.6 is 0 Å². The molecule has 0 radical (unpaired) electrons. The number of hydrogen-bond donors (Lipinski definition) is 1. The molecule has 4 rings (SSSR count). The highest BCUT2D eigenvalue weighted by Gasteiger charge is 2.36. The van der Waals surface area contributed by atoms with Crippen LogP contribution < -0.4 is 5.56 Å². The zero-order valence-corrected chi connectivity index (χ0v) is 16.4. The van der Waals surface area contributed by atoms with E-state index >= 15 is 0 Å². The Morgan fingerprint density at radius 2 is 1.69 bits per heavy atom. The minimum atomic E-state index is -4.72. The summed E-state index contributed by atoms with van der Waals surface area (Å²) in [5.74, 6) is -1.29. The number of alkyl halides is 6. The van der Waals surface area contributed by atoms with Gasteiger partial charge >= 0.3 is 12.4 Å². The molecular formula is C21H16F6N4O. The van der Waals surface area contributed by atoms with Crippen LogP contribution in [0, 0.1) is 0 Å². The van der Waals surface area contributed by atoms with Crippen molar-refractivity contribution in [3.63, 3.8) is 0 Å². The van der Waals surface area contributed by atoms with Gasteiger partial charge in [-0.1, -0.05) is 18.2 Å². The molecule has 0 saturated carbocycles. The molecule has 3 aromatic rings. The van der Waals surface area contributed by atoms with Gasteiger partial charge in [0.25, 0.3) is 5.56 Å². The molecule has 0 amide bonds. The van der Waals surface area contributed by atoms with Gasteiger partial charge < -0.3 is 4.98 Å². The molecular weight excluding hydrogens is 438 g/mol. The Balaban J connectivity index is 1.45. The summed E-state index contributed by atoms with van der Waals surface area (Å²) in [6.45, 7) is 0.970. The lowest BCUT2D eigenvalue weighted by Gasteiger charge is -2.27. The van der Waals surface area contributed by atoms with E-state index in [1.54, 1.807) is 23.3 Å². The van der Waals surface area contributed by atoms with Crippen molar-refractivity contribution in [3.8, 4) is 11.3 Å². The Labute approximate surface area is 177 Å². The maximum atomic E-state index is 12.8. The number of fused-ring (bicyclic) bond motifs is 1. The van der Waals surface area contributed by atoms with E-state index in [4.69, 9.17) is 0 Å². The molecule has 0 saturated heterocycles. The normalized spacial score (nSPS) is 14.9. The van der Waals surface area contributed by atoms with Crippen molar-refractivity contribution in [2.24, 2.45) is 0 Å². The third kappa shape index (κ3) is 4.67. The van der Waals surface area contributed by atoms with Crippen LogP contribution in [0.2, 0.25) is 0 Å². The van der Waals surface area contributed by atoms with Crippen molar-refractivity contribution in [1.82, 2.24) is 19.9 Å². The first-order chi connectivity index (χ1) is 15.0. The maximum Gasteiger partial charge on any atom is 0.449 e. The van der Waals surface area contributed by atoms with Gasteiger partial charge in [-0.15, -0.1) is 0 Å². The number of aromatic amines is 1. The van der Waals surface area contributed by atoms with E-state index in [-0.39, 0.29) is 24.2 Å². The fourth-order valence-electron chi connectivity index (χ4n) is 3.53. The Kier molecular flexibility index (Phi) is 5.53. The van der Waals surface area contributed by atoms with Gasteiger partial charge in [0.05, 0.1) is 22.5 Å². The average molecular weight is 454 g/mol. The smallest absolute Gasteiger partial charge is 0.303 e. The lowest BCUT2D eigenvalue weighted by Crippen LogP contribution is -2.36. The number of H-pyrrole nitrogens is 1. The Morgan fingerprint density at radius 1 is 0.969 bits per heavy atom. The van der Waals surface area contributed by atoms with Gasteiger partial charge in [0.2, 0.25) is 5.82 Å². The molecule has 1 aromatic carbocycles. The highest BCUT2D eigenvalue weighted by atomic mass is 19.4. The lowest BCUT2D eigenvalue weighted by atomic mass is 10.1. The van der Waals surface area contributed by atoms with Crippen LogP contribution in [0.4, 0.5) is 26.3 Å². The van der Waals surface area contributed by atoms with Crippen molar-refractivity contribution in [1.29, 1.82) is 0 Å². The molecule has 5 nitrogen and oxygen atoms in total. The number of nitrogens with zero attached hydrogens (tertiary/aromatic N) is 3. The lowest BCUT2D eigenvalue weighted by molar-refractivity contribution is -0.145. The van der Waals surface area contributed by atoms with E-state index in [0.29, 0.717) is 24.3 Å². The summed E-state index contributed by atoms with van der Waals surface area (Å²) in [5.41, 5.74) is 0.645. The van der Waals surface area contributed by atoms with Crippen LogP contribution in [0.5, 0.6) is 0 Å². The molecule has 2 aromatic heterocycles. The molecule has 168 valence electrons. The van der Waals surface area contributed by atoms with Crippen molar-refractivity contribution in [2.75, 3.05) is 6.54 Å². The predicted molar refractivity (Wildman–Crippen MR) is 102 cm³/mol. The zero-order valence-electron chi connectivity index (χ0n) is 16.4. The number of hydrogen-bond acceptors (Lipinski definition) is 4. The molecule has 1 N–H and O–H groups in total. The largest absolute Gasteiger partial charge is 0.449 e. The quantitative estimate of drug-likeness (QED) is 0.595. The Bertz CT molecular complexity index is 1170. The van der Waals surface area contributed by atoms with Crippen LogP contribution in [-0.2, 0) is 31.9 Å². The highest BCUT2D eigenvalue weighted by Crippen LogP contribution is 2.31. The van der Waals surface area contributed by atoms with Crippen molar-refractivity contribution < 1.29 is 26.3 Å². The number of rotatable bonds is 3. The van der Waals surface area contributed by atoms with Gasteiger partial charge in [-0.3, -0.25) is 14.7 Å². The second kappa shape index (κ2) is 8.05. The first-order valence-electron chi connectivity index (χ1n) is 9.55. The SMILES string of the molecule is O=c1[nH]c(C(F)(F)F)nc2c1CN(Cc1ccc(-c3ccc(C(F)(F)F)cc3)nc1)CC2. The third-order valence-electron chi connectivity index (χ3n) is 5.16. The minimum absolute atomic E-state index is 0.146. The molecule has 0 atom stereocenters. The first-order valence-corrected chi connectivity index (χ1v) is 9.55. The zero-order chi connectivity index (χ0) is 23.1. The predicted octanol–water partition coefficient (Wildman–Crippen LogP) is 4.43. The van der Waals surface area contributed by atoms with E-state index in [2.05, 4.69) is 9.97 Å². The summed E-state index contributed by atoms with van der Waals surface area (Å²) >= 11 is 0. The van der Waals surface area contributed by atoms with E-state index in [1.807, 2.05) is 4.90 Å². The number of halogens is 6. The highest BCUT2D eigenvalue weighted by molar-refractivity contribution is 5.59. The Morgan fingerprint density at radius 3 is 2.28 bits per heavy atom. The molecule has 1 aliphatic heterocycles. The van der Waals surface area contributed by atoms with E-state index in [1.165, 1.54) is 12.1 Å². The van der Waals surface area contributed by atoms with Crippen molar-refractivity contribution in [2.45, 2.75) is 31.9 Å². The molecule has 0 spiro atoms. The van der Waals surface area contributed by atoms with E-state index in [9.17, 15) is 31.1 Å². The van der Waals surface area contributed by atoms with Crippen LogP contribution in [0.25, 0.3) is 11.3 Å². The maximum absolute atomic E-state index is 12.8. The first kappa shape index (κ1) is 22.0. The number of nitrogens with one attached hydrogen (secondary N) is 1. The van der Waals surface area contributed by atoms with Crippen molar-refractivity contribution in [3.05, 3.63) is 81.2 Å². The fraction of sp³-hybridized carbons (Fsp3) is 0.286. The average Bonchev–Trinajstić information content (AvgIpc) is 2.73.